The number of rotatable bonds is 2. The summed E-state index contributed by atoms with van der Waals surface area (Å²) < 4.78 is 6.74. The number of amides is 1. The smallest absolute Gasteiger partial charge is 0.245 e. The van der Waals surface area contributed by atoms with Gasteiger partial charge in [-0.05, 0) is 47.2 Å². The normalized spacial score (nSPS) is 33.2. The summed E-state index contributed by atoms with van der Waals surface area (Å²) >= 11 is 8.36. The summed E-state index contributed by atoms with van der Waals surface area (Å²) in [6, 6.07) is 5.52. The van der Waals surface area contributed by atoms with Crippen molar-refractivity contribution in [3.05, 3.63) is 26.8 Å². The summed E-state index contributed by atoms with van der Waals surface area (Å²) in [6.07, 6.45) is 0.902. The zero-order valence-electron chi connectivity index (χ0n) is 12.0. The van der Waals surface area contributed by atoms with Gasteiger partial charge in [-0.1, -0.05) is 25.4 Å². The Kier molecular flexibility index (Phi) is 3.75. The van der Waals surface area contributed by atoms with Crippen molar-refractivity contribution in [2.24, 2.45) is 17.1 Å². The molecule has 3 atom stereocenters. The van der Waals surface area contributed by atoms with Gasteiger partial charge in [-0.15, -0.1) is 0 Å². The molecule has 1 amide bonds. The Labute approximate surface area is 142 Å². The van der Waals surface area contributed by atoms with E-state index in [1.54, 1.807) is 6.07 Å². The summed E-state index contributed by atoms with van der Waals surface area (Å²) in [4.78, 5) is 12.8. The molecule has 1 heterocycles. The quantitative estimate of drug-likeness (QED) is 0.723. The highest BCUT2D eigenvalue weighted by Gasteiger charge is 2.71. The van der Waals surface area contributed by atoms with Gasteiger partial charge in [0.05, 0.1) is 16.8 Å². The number of nitrogens with one attached hydrogen (secondary N) is 1. The first kappa shape index (κ1) is 15.5. The molecule has 6 heteroatoms. The molecule has 114 valence electrons. The lowest BCUT2D eigenvalue weighted by atomic mass is 9.48. The van der Waals surface area contributed by atoms with Crippen LogP contribution in [0.25, 0.3) is 0 Å². The number of benzene rings is 1. The lowest BCUT2D eigenvalue weighted by Crippen LogP contribution is -2.79. The third-order valence-electron chi connectivity index (χ3n) is 5.01. The third-order valence-corrected chi connectivity index (χ3v) is 5.99. The molecule has 21 heavy (non-hydrogen) atoms. The van der Waals surface area contributed by atoms with Crippen LogP contribution in [0.5, 0.6) is 0 Å². The molecular weight excluding hydrogens is 403 g/mol. The largest absolute Gasteiger partial charge is 0.377 e. The molecule has 0 spiro atoms. The molecule has 3 unspecified atom stereocenters. The van der Waals surface area contributed by atoms with Crippen molar-refractivity contribution in [1.29, 1.82) is 0 Å². The first-order valence-electron chi connectivity index (χ1n) is 6.95. The van der Waals surface area contributed by atoms with Crippen molar-refractivity contribution in [1.82, 2.24) is 0 Å². The monoisotopic (exact) mass is 420 g/mol. The van der Waals surface area contributed by atoms with E-state index in [-0.39, 0.29) is 23.3 Å². The standard InChI is InChI=1S/C15H18ClIN2O2/c1-14(2)12-9(5-6-21-12)15(14,18)13(20)19-11-4-3-8(17)7-10(11)16/h3-4,7,9,12H,5-6,18H2,1-2H3,(H,19,20). The minimum atomic E-state index is -0.916. The molecule has 0 radical (unpaired) electrons. The minimum Gasteiger partial charge on any atom is -0.377 e. The van der Waals surface area contributed by atoms with E-state index in [2.05, 4.69) is 27.9 Å². The van der Waals surface area contributed by atoms with E-state index in [0.29, 0.717) is 17.3 Å². The van der Waals surface area contributed by atoms with Crippen LogP contribution >= 0.6 is 34.2 Å². The Morgan fingerprint density at radius 2 is 2.24 bits per heavy atom. The van der Waals surface area contributed by atoms with Crippen molar-refractivity contribution >= 4 is 45.8 Å². The number of carbonyl (C=O) groups excluding carboxylic acids is 1. The highest BCUT2D eigenvalue weighted by Crippen LogP contribution is 2.58. The molecule has 0 bridgehead atoms. The van der Waals surface area contributed by atoms with Crippen LogP contribution in [-0.4, -0.2) is 24.2 Å². The van der Waals surface area contributed by atoms with Crippen molar-refractivity contribution in [3.63, 3.8) is 0 Å². The van der Waals surface area contributed by atoms with Crippen molar-refractivity contribution in [2.75, 3.05) is 11.9 Å². The maximum absolute atomic E-state index is 12.8. The van der Waals surface area contributed by atoms with E-state index < -0.39 is 5.54 Å². The SMILES string of the molecule is CC1(C)C2OCCC2C1(N)C(=O)Nc1ccc(I)cc1Cl. The molecule has 3 N–H and O–H groups in total. The van der Waals surface area contributed by atoms with Gasteiger partial charge < -0.3 is 15.8 Å². The van der Waals surface area contributed by atoms with Gasteiger partial charge in [0.1, 0.15) is 5.54 Å². The minimum absolute atomic E-state index is 0.0699. The van der Waals surface area contributed by atoms with E-state index in [9.17, 15) is 4.79 Å². The molecule has 2 aliphatic rings. The van der Waals surface area contributed by atoms with Crippen LogP contribution in [-0.2, 0) is 9.53 Å². The van der Waals surface area contributed by atoms with Crippen molar-refractivity contribution < 1.29 is 9.53 Å². The van der Waals surface area contributed by atoms with Gasteiger partial charge in [0.25, 0.3) is 0 Å². The topological polar surface area (TPSA) is 64.3 Å². The van der Waals surface area contributed by atoms with Crippen LogP contribution in [0.15, 0.2) is 18.2 Å². The fourth-order valence-corrected chi connectivity index (χ4v) is 4.56. The van der Waals surface area contributed by atoms with Gasteiger partial charge in [0, 0.05) is 21.5 Å². The number of anilines is 1. The van der Waals surface area contributed by atoms with Gasteiger partial charge in [-0.3, -0.25) is 4.79 Å². The maximum Gasteiger partial charge on any atom is 0.245 e. The first-order valence-corrected chi connectivity index (χ1v) is 8.41. The van der Waals surface area contributed by atoms with Crippen LogP contribution in [0.2, 0.25) is 5.02 Å². The average molecular weight is 421 g/mol. The second kappa shape index (κ2) is 5.08. The lowest BCUT2D eigenvalue weighted by Gasteiger charge is -2.60. The average Bonchev–Trinajstić information content (AvgIpc) is 2.89. The van der Waals surface area contributed by atoms with Crippen LogP contribution in [0.3, 0.4) is 0 Å². The Balaban J connectivity index is 1.85. The van der Waals surface area contributed by atoms with Gasteiger partial charge in [-0.2, -0.15) is 0 Å². The van der Waals surface area contributed by atoms with Gasteiger partial charge in [-0.25, -0.2) is 0 Å². The van der Waals surface area contributed by atoms with Crippen LogP contribution in [0.1, 0.15) is 20.3 Å². The number of ether oxygens (including phenoxy) is 1. The Hall–Kier alpha value is -0.370. The first-order chi connectivity index (χ1) is 9.78. The molecule has 1 aromatic rings. The van der Waals surface area contributed by atoms with E-state index in [1.807, 2.05) is 26.0 Å². The Bertz CT molecular complexity index is 607. The van der Waals surface area contributed by atoms with E-state index in [4.69, 9.17) is 22.1 Å². The number of halogens is 2. The molecule has 1 saturated carbocycles. The van der Waals surface area contributed by atoms with E-state index in [1.165, 1.54) is 0 Å². The number of nitrogens with two attached hydrogens (primary N) is 1. The van der Waals surface area contributed by atoms with Crippen LogP contribution in [0.4, 0.5) is 5.69 Å². The third kappa shape index (κ3) is 2.12. The van der Waals surface area contributed by atoms with Crippen LogP contribution < -0.4 is 11.1 Å². The summed E-state index contributed by atoms with van der Waals surface area (Å²) in [5.41, 5.74) is 5.81. The predicted octanol–water partition coefficient (Wildman–Crippen LogP) is 3.03. The second-order valence-corrected chi connectivity index (χ2v) is 8.01. The summed E-state index contributed by atoms with van der Waals surface area (Å²) in [7, 11) is 0. The Morgan fingerprint density at radius 1 is 1.52 bits per heavy atom. The zero-order valence-corrected chi connectivity index (χ0v) is 14.9. The van der Waals surface area contributed by atoms with E-state index in [0.717, 1.165) is 9.99 Å². The van der Waals surface area contributed by atoms with Gasteiger partial charge in [0.15, 0.2) is 0 Å². The highest BCUT2D eigenvalue weighted by atomic mass is 127. The summed E-state index contributed by atoms with van der Waals surface area (Å²) in [5.74, 6) is -0.0996. The molecule has 4 nitrogen and oxygen atoms in total. The molecule has 1 aliphatic heterocycles. The summed E-state index contributed by atoms with van der Waals surface area (Å²) in [5, 5.41) is 3.42. The van der Waals surface area contributed by atoms with Crippen LogP contribution in [0, 0.1) is 14.9 Å². The second-order valence-electron chi connectivity index (χ2n) is 6.36. The molecule has 0 aromatic heterocycles. The number of fused-ring (bicyclic) bond motifs is 1. The number of hydrogen-bond donors (Lipinski definition) is 2. The number of carbonyl (C=O) groups is 1. The zero-order chi connectivity index (χ0) is 15.4. The lowest BCUT2D eigenvalue weighted by molar-refractivity contribution is -0.170. The molecule has 2 fully saturated rings. The van der Waals surface area contributed by atoms with Crippen molar-refractivity contribution in [3.8, 4) is 0 Å². The van der Waals surface area contributed by atoms with E-state index >= 15 is 0 Å². The fourth-order valence-electron chi connectivity index (χ4n) is 3.66. The van der Waals surface area contributed by atoms with Gasteiger partial charge in [0.2, 0.25) is 5.91 Å². The molecule has 1 aromatic carbocycles. The molecule has 1 saturated heterocycles. The highest BCUT2D eigenvalue weighted by molar-refractivity contribution is 14.1. The van der Waals surface area contributed by atoms with Gasteiger partial charge >= 0.3 is 0 Å². The molecule has 1 aliphatic carbocycles. The predicted molar refractivity (Wildman–Crippen MR) is 91.3 cm³/mol. The maximum atomic E-state index is 12.8. The Morgan fingerprint density at radius 3 is 2.90 bits per heavy atom. The number of hydrogen-bond acceptors (Lipinski definition) is 3. The summed E-state index contributed by atoms with van der Waals surface area (Å²) in [6.45, 7) is 4.67. The molecule has 3 rings (SSSR count). The molecular formula is C15H18ClIN2O2. The fraction of sp³-hybridized carbons (Fsp3) is 0.533. The van der Waals surface area contributed by atoms with Crippen molar-refractivity contribution in [2.45, 2.75) is 31.9 Å².